The lowest BCUT2D eigenvalue weighted by molar-refractivity contribution is -0.384. The van der Waals surface area contributed by atoms with E-state index in [2.05, 4.69) is 10.6 Å². The van der Waals surface area contributed by atoms with Gasteiger partial charge in [0.25, 0.3) is 11.6 Å². The number of halogens is 1. The van der Waals surface area contributed by atoms with Crippen LogP contribution in [0.5, 0.6) is 0 Å². The van der Waals surface area contributed by atoms with Crippen molar-refractivity contribution in [3.63, 3.8) is 0 Å². The van der Waals surface area contributed by atoms with Gasteiger partial charge in [-0.3, -0.25) is 14.9 Å². The summed E-state index contributed by atoms with van der Waals surface area (Å²) in [6.45, 7) is 4.79. The Morgan fingerprint density at radius 1 is 1.42 bits per heavy atom. The molecule has 2 N–H and O–H groups in total. The summed E-state index contributed by atoms with van der Waals surface area (Å²) in [6.07, 6.45) is 0.716. The standard InChI is InChI=1S/C16H19ClN4O5/c1-3-25-15(26-4-2)10-19-9-11(8-18)16(22)20-12-5-6-13(17)14(7-12)21(23)24/h5-7,9,15,19H,3-4,10H2,1-2H3,(H,20,22)/b11-9-. The van der Waals surface area contributed by atoms with Gasteiger partial charge in [-0.05, 0) is 26.0 Å². The highest BCUT2D eigenvalue weighted by Gasteiger charge is 2.16. The van der Waals surface area contributed by atoms with Crippen molar-refractivity contribution in [1.29, 1.82) is 5.26 Å². The third-order valence-electron chi connectivity index (χ3n) is 3.00. The molecule has 0 unspecified atom stereocenters. The number of benzene rings is 1. The average Bonchev–Trinajstić information content (AvgIpc) is 2.60. The van der Waals surface area contributed by atoms with E-state index >= 15 is 0 Å². The number of amides is 1. The first-order valence-corrected chi connectivity index (χ1v) is 8.12. The third-order valence-corrected chi connectivity index (χ3v) is 3.32. The summed E-state index contributed by atoms with van der Waals surface area (Å²) in [5, 5.41) is 25.1. The number of nitrogens with one attached hydrogen (secondary N) is 2. The molecule has 26 heavy (non-hydrogen) atoms. The van der Waals surface area contributed by atoms with Crippen LogP contribution in [0.25, 0.3) is 0 Å². The van der Waals surface area contributed by atoms with Gasteiger partial charge in [-0.25, -0.2) is 0 Å². The molecule has 0 bridgehead atoms. The zero-order valence-electron chi connectivity index (χ0n) is 14.3. The number of hydrogen-bond acceptors (Lipinski definition) is 7. The molecular weight excluding hydrogens is 364 g/mol. The van der Waals surface area contributed by atoms with Gasteiger partial charge in [0.15, 0.2) is 6.29 Å². The molecule has 1 aromatic carbocycles. The summed E-state index contributed by atoms with van der Waals surface area (Å²) >= 11 is 5.72. The Morgan fingerprint density at radius 2 is 2.08 bits per heavy atom. The molecule has 0 spiro atoms. The quantitative estimate of drug-likeness (QED) is 0.209. The molecule has 0 aromatic heterocycles. The van der Waals surface area contributed by atoms with E-state index in [4.69, 9.17) is 26.3 Å². The molecule has 0 aliphatic rings. The second kappa shape index (κ2) is 11.0. The fraction of sp³-hybridized carbons (Fsp3) is 0.375. The maximum atomic E-state index is 12.1. The number of nitro groups is 1. The first-order valence-electron chi connectivity index (χ1n) is 7.75. The largest absolute Gasteiger partial charge is 0.385 e. The van der Waals surface area contributed by atoms with Gasteiger partial charge in [-0.1, -0.05) is 11.6 Å². The van der Waals surface area contributed by atoms with Gasteiger partial charge in [0.1, 0.15) is 16.7 Å². The molecule has 0 fully saturated rings. The number of anilines is 1. The SMILES string of the molecule is CCOC(CN/C=C(/C#N)C(=O)Nc1ccc(Cl)c([N+](=O)[O-])c1)OCC. The number of carbonyl (C=O) groups excluding carboxylic acids is 1. The molecule has 0 saturated carbocycles. The third kappa shape index (κ3) is 6.68. The van der Waals surface area contributed by atoms with E-state index in [0.717, 1.165) is 6.07 Å². The van der Waals surface area contributed by atoms with Crippen molar-refractivity contribution in [1.82, 2.24) is 5.32 Å². The van der Waals surface area contributed by atoms with Gasteiger partial charge in [0.05, 0.1) is 11.5 Å². The molecule has 0 aliphatic heterocycles. The molecule has 0 atom stereocenters. The normalized spacial score (nSPS) is 11.1. The molecule has 9 nitrogen and oxygen atoms in total. The van der Waals surface area contributed by atoms with E-state index in [9.17, 15) is 14.9 Å². The van der Waals surface area contributed by atoms with E-state index in [1.165, 1.54) is 18.3 Å². The smallest absolute Gasteiger partial charge is 0.289 e. The van der Waals surface area contributed by atoms with E-state index in [0.29, 0.717) is 13.2 Å². The first-order chi connectivity index (χ1) is 12.4. The first kappa shape index (κ1) is 21.4. The molecule has 10 heteroatoms. The van der Waals surface area contributed by atoms with Gasteiger partial charge in [-0.2, -0.15) is 5.26 Å². The summed E-state index contributed by atoms with van der Waals surface area (Å²) in [5.41, 5.74) is -0.413. The van der Waals surface area contributed by atoms with Crippen LogP contribution in [0.15, 0.2) is 30.0 Å². The highest BCUT2D eigenvalue weighted by molar-refractivity contribution is 6.32. The second-order valence-corrected chi connectivity index (χ2v) is 5.20. The van der Waals surface area contributed by atoms with Crippen molar-refractivity contribution in [3.8, 4) is 6.07 Å². The van der Waals surface area contributed by atoms with Crippen LogP contribution in [0.3, 0.4) is 0 Å². The minimum atomic E-state index is -0.721. The molecule has 1 amide bonds. The summed E-state index contributed by atoms with van der Waals surface area (Å²) in [6, 6.07) is 5.56. The number of rotatable bonds is 10. The van der Waals surface area contributed by atoms with Gasteiger partial charge in [-0.15, -0.1) is 0 Å². The molecule has 140 valence electrons. The predicted molar refractivity (Wildman–Crippen MR) is 95.5 cm³/mol. The Bertz CT molecular complexity index is 711. The van der Waals surface area contributed by atoms with Crippen molar-refractivity contribution in [3.05, 3.63) is 45.1 Å². The van der Waals surface area contributed by atoms with Crippen LogP contribution in [0.2, 0.25) is 5.02 Å². The van der Waals surface area contributed by atoms with Crippen molar-refractivity contribution >= 4 is 28.9 Å². The van der Waals surface area contributed by atoms with Crippen LogP contribution in [-0.4, -0.2) is 36.9 Å². The van der Waals surface area contributed by atoms with Crippen LogP contribution >= 0.6 is 11.6 Å². The maximum absolute atomic E-state index is 12.1. The van der Waals surface area contributed by atoms with E-state index < -0.39 is 17.1 Å². The molecule has 0 saturated heterocycles. The summed E-state index contributed by atoms with van der Waals surface area (Å²) in [7, 11) is 0. The van der Waals surface area contributed by atoms with Crippen molar-refractivity contribution in [2.75, 3.05) is 25.1 Å². The van der Waals surface area contributed by atoms with Crippen LogP contribution in [-0.2, 0) is 14.3 Å². The highest BCUT2D eigenvalue weighted by Crippen LogP contribution is 2.27. The Labute approximate surface area is 155 Å². The number of nitro benzene ring substituents is 1. The summed E-state index contributed by atoms with van der Waals surface area (Å²) in [4.78, 5) is 22.3. The Kier molecular flexibility index (Phi) is 9.08. The molecule has 1 aromatic rings. The Morgan fingerprint density at radius 3 is 2.62 bits per heavy atom. The molecular formula is C16H19ClN4O5. The Hall–Kier alpha value is -2.67. The minimum absolute atomic E-state index is 0.0522. The van der Waals surface area contributed by atoms with Crippen LogP contribution in [0.1, 0.15) is 13.8 Å². The summed E-state index contributed by atoms with van der Waals surface area (Å²) in [5.74, 6) is -0.721. The lowest BCUT2D eigenvalue weighted by atomic mass is 10.2. The van der Waals surface area contributed by atoms with Crippen LogP contribution in [0, 0.1) is 21.4 Å². The number of nitriles is 1. The highest BCUT2D eigenvalue weighted by atomic mass is 35.5. The number of ether oxygens (including phenoxy) is 2. The van der Waals surface area contributed by atoms with E-state index in [-0.39, 0.29) is 28.5 Å². The predicted octanol–water partition coefficient (Wildman–Crippen LogP) is 2.58. The number of hydrogen-bond donors (Lipinski definition) is 2. The van der Waals surface area contributed by atoms with Crippen LogP contribution in [0.4, 0.5) is 11.4 Å². The van der Waals surface area contributed by atoms with Crippen LogP contribution < -0.4 is 10.6 Å². The van der Waals surface area contributed by atoms with Crippen molar-refractivity contribution in [2.45, 2.75) is 20.1 Å². The second-order valence-electron chi connectivity index (χ2n) is 4.80. The van der Waals surface area contributed by atoms with E-state index in [1.54, 1.807) is 6.07 Å². The van der Waals surface area contributed by atoms with Crippen molar-refractivity contribution in [2.24, 2.45) is 0 Å². The molecule has 0 radical (unpaired) electrons. The monoisotopic (exact) mass is 382 g/mol. The van der Waals surface area contributed by atoms with E-state index in [1.807, 2.05) is 13.8 Å². The fourth-order valence-electron chi connectivity index (χ4n) is 1.87. The number of carbonyl (C=O) groups is 1. The van der Waals surface area contributed by atoms with Gasteiger partial charge in [0.2, 0.25) is 0 Å². The number of nitrogens with zero attached hydrogens (tertiary/aromatic N) is 2. The molecule has 0 heterocycles. The average molecular weight is 383 g/mol. The fourth-order valence-corrected chi connectivity index (χ4v) is 2.06. The van der Waals surface area contributed by atoms with Crippen molar-refractivity contribution < 1.29 is 19.2 Å². The Balaban J connectivity index is 2.75. The lowest BCUT2D eigenvalue weighted by Crippen LogP contribution is -2.29. The van der Waals surface area contributed by atoms with Gasteiger partial charge in [0, 0.05) is 31.2 Å². The maximum Gasteiger partial charge on any atom is 0.289 e. The molecule has 0 aliphatic carbocycles. The topological polar surface area (TPSA) is 127 Å². The van der Waals surface area contributed by atoms with Gasteiger partial charge >= 0.3 is 0 Å². The lowest BCUT2D eigenvalue weighted by Gasteiger charge is -2.16. The summed E-state index contributed by atoms with van der Waals surface area (Å²) < 4.78 is 10.7. The zero-order chi connectivity index (χ0) is 19.5. The zero-order valence-corrected chi connectivity index (χ0v) is 15.1. The minimum Gasteiger partial charge on any atom is -0.385 e. The molecule has 1 rings (SSSR count). The van der Waals surface area contributed by atoms with Gasteiger partial charge < -0.3 is 20.1 Å².